The van der Waals surface area contributed by atoms with Gasteiger partial charge in [0.1, 0.15) is 5.82 Å². The van der Waals surface area contributed by atoms with Crippen LogP contribution in [0.15, 0.2) is 83.8 Å². The van der Waals surface area contributed by atoms with Crippen LogP contribution < -0.4 is 5.32 Å². The Hall–Kier alpha value is -3.03. The molecule has 7 heteroatoms. The predicted octanol–water partition coefficient (Wildman–Crippen LogP) is 3.96. The number of hydrogen-bond donors (Lipinski definition) is 1. The third-order valence-corrected chi connectivity index (χ3v) is 6.11. The van der Waals surface area contributed by atoms with Crippen molar-refractivity contribution in [2.75, 3.05) is 11.9 Å². The third-order valence-electron chi connectivity index (χ3n) is 4.31. The van der Waals surface area contributed by atoms with Crippen LogP contribution in [0.25, 0.3) is 0 Å². The summed E-state index contributed by atoms with van der Waals surface area (Å²) in [6.45, 7) is 1.50. The maximum Gasteiger partial charge on any atom is 0.243 e. The molecule has 0 unspecified atom stereocenters. The lowest BCUT2D eigenvalue weighted by molar-refractivity contribution is -0.116. The van der Waals surface area contributed by atoms with Crippen LogP contribution in [0, 0.1) is 12.7 Å². The number of aryl methyl sites for hydroxylation is 1. The number of nitrogens with zero attached hydrogens (tertiary/aromatic N) is 1. The molecule has 0 atom stereocenters. The molecule has 0 aliphatic rings. The number of sulfonamides is 1. The van der Waals surface area contributed by atoms with Crippen molar-refractivity contribution in [3.63, 3.8) is 0 Å². The minimum Gasteiger partial charge on any atom is -0.325 e. The van der Waals surface area contributed by atoms with Crippen LogP contribution >= 0.6 is 0 Å². The van der Waals surface area contributed by atoms with Gasteiger partial charge < -0.3 is 5.32 Å². The zero-order valence-electron chi connectivity index (χ0n) is 15.9. The minimum atomic E-state index is -3.92. The van der Waals surface area contributed by atoms with Crippen molar-refractivity contribution in [3.05, 3.63) is 95.8 Å². The topological polar surface area (TPSA) is 66.5 Å². The van der Waals surface area contributed by atoms with E-state index in [-0.39, 0.29) is 18.0 Å². The Labute approximate surface area is 169 Å². The van der Waals surface area contributed by atoms with E-state index >= 15 is 0 Å². The maximum absolute atomic E-state index is 13.2. The van der Waals surface area contributed by atoms with Crippen molar-refractivity contribution >= 4 is 21.6 Å². The molecule has 0 aliphatic heterocycles. The third kappa shape index (κ3) is 5.49. The molecule has 5 nitrogen and oxygen atoms in total. The van der Waals surface area contributed by atoms with Gasteiger partial charge in [-0.25, -0.2) is 12.8 Å². The highest BCUT2D eigenvalue weighted by atomic mass is 32.2. The number of benzene rings is 3. The lowest BCUT2D eigenvalue weighted by Crippen LogP contribution is -2.37. The number of carbonyl (C=O) groups is 1. The Morgan fingerprint density at radius 3 is 2.17 bits per heavy atom. The fourth-order valence-corrected chi connectivity index (χ4v) is 4.16. The number of hydrogen-bond acceptors (Lipinski definition) is 3. The second kappa shape index (κ2) is 8.98. The van der Waals surface area contributed by atoms with Crippen LogP contribution in [-0.4, -0.2) is 25.2 Å². The largest absolute Gasteiger partial charge is 0.325 e. The molecular formula is C22H21FN2O3S. The summed E-state index contributed by atoms with van der Waals surface area (Å²) < 4.78 is 40.5. The van der Waals surface area contributed by atoms with Crippen molar-refractivity contribution < 1.29 is 17.6 Å². The monoisotopic (exact) mass is 412 g/mol. The zero-order valence-corrected chi connectivity index (χ0v) is 16.7. The molecule has 29 heavy (non-hydrogen) atoms. The van der Waals surface area contributed by atoms with Crippen LogP contribution in [0.4, 0.5) is 10.1 Å². The molecule has 0 bridgehead atoms. The SMILES string of the molecule is Cc1ccc(NC(=O)CN(Cc2ccc(F)cc2)S(=O)(=O)c2ccccc2)cc1. The first-order valence-corrected chi connectivity index (χ1v) is 10.4. The maximum atomic E-state index is 13.2. The molecule has 0 saturated heterocycles. The van der Waals surface area contributed by atoms with Crippen molar-refractivity contribution in [1.29, 1.82) is 0 Å². The smallest absolute Gasteiger partial charge is 0.243 e. The van der Waals surface area contributed by atoms with Gasteiger partial charge in [0.2, 0.25) is 15.9 Å². The molecule has 1 amide bonds. The van der Waals surface area contributed by atoms with Crippen LogP contribution in [-0.2, 0) is 21.4 Å². The van der Waals surface area contributed by atoms with E-state index in [1.54, 1.807) is 30.3 Å². The molecule has 0 radical (unpaired) electrons. The molecule has 0 saturated carbocycles. The highest BCUT2D eigenvalue weighted by Gasteiger charge is 2.26. The van der Waals surface area contributed by atoms with Crippen molar-refractivity contribution in [1.82, 2.24) is 4.31 Å². The van der Waals surface area contributed by atoms with Gasteiger partial charge in [-0.05, 0) is 48.9 Å². The summed E-state index contributed by atoms with van der Waals surface area (Å²) in [5.41, 5.74) is 2.21. The average Bonchev–Trinajstić information content (AvgIpc) is 2.71. The average molecular weight is 412 g/mol. The number of amides is 1. The molecule has 150 valence electrons. The lowest BCUT2D eigenvalue weighted by Gasteiger charge is -2.22. The summed E-state index contributed by atoms with van der Waals surface area (Å²) in [4.78, 5) is 12.6. The number of carbonyl (C=O) groups excluding carboxylic acids is 1. The highest BCUT2D eigenvalue weighted by Crippen LogP contribution is 2.19. The van der Waals surface area contributed by atoms with Gasteiger partial charge in [-0.1, -0.05) is 48.0 Å². The van der Waals surface area contributed by atoms with Crippen molar-refractivity contribution in [2.45, 2.75) is 18.4 Å². The second-order valence-electron chi connectivity index (χ2n) is 6.63. The van der Waals surface area contributed by atoms with Crippen molar-refractivity contribution in [2.24, 2.45) is 0 Å². The van der Waals surface area contributed by atoms with Gasteiger partial charge >= 0.3 is 0 Å². The minimum absolute atomic E-state index is 0.0567. The summed E-state index contributed by atoms with van der Waals surface area (Å²) >= 11 is 0. The molecule has 3 aromatic carbocycles. The van der Waals surface area contributed by atoms with Gasteiger partial charge in [0.25, 0.3) is 0 Å². The van der Waals surface area contributed by atoms with E-state index in [4.69, 9.17) is 0 Å². The van der Waals surface area contributed by atoms with E-state index in [0.29, 0.717) is 11.3 Å². The lowest BCUT2D eigenvalue weighted by atomic mass is 10.2. The molecule has 3 aromatic rings. The van der Waals surface area contributed by atoms with Gasteiger partial charge in [-0.3, -0.25) is 4.79 Å². The van der Waals surface area contributed by atoms with E-state index in [1.807, 2.05) is 19.1 Å². The normalized spacial score (nSPS) is 11.4. The van der Waals surface area contributed by atoms with Crippen LogP contribution in [0.2, 0.25) is 0 Å². The van der Waals surface area contributed by atoms with Crippen molar-refractivity contribution in [3.8, 4) is 0 Å². The van der Waals surface area contributed by atoms with E-state index in [9.17, 15) is 17.6 Å². The quantitative estimate of drug-likeness (QED) is 0.639. The molecule has 0 spiro atoms. The summed E-state index contributed by atoms with van der Waals surface area (Å²) in [5, 5.41) is 2.71. The molecule has 1 N–H and O–H groups in total. The molecule has 3 rings (SSSR count). The summed E-state index contributed by atoms with van der Waals surface area (Å²) in [5.74, 6) is -0.876. The Kier molecular flexibility index (Phi) is 6.41. The molecule has 0 fully saturated rings. The van der Waals surface area contributed by atoms with E-state index < -0.39 is 21.7 Å². The van der Waals surface area contributed by atoms with Gasteiger partial charge in [0, 0.05) is 12.2 Å². The molecule has 0 aliphatic carbocycles. The van der Waals surface area contributed by atoms with Crippen LogP contribution in [0.3, 0.4) is 0 Å². The standard InChI is InChI=1S/C22H21FN2O3S/c1-17-7-13-20(14-8-17)24-22(26)16-25(15-18-9-11-19(23)12-10-18)29(27,28)21-5-3-2-4-6-21/h2-14H,15-16H2,1H3,(H,24,26). The van der Waals surface area contributed by atoms with Crippen LogP contribution in [0.1, 0.15) is 11.1 Å². The summed E-state index contributed by atoms with van der Waals surface area (Å²) in [6.07, 6.45) is 0. The van der Waals surface area contributed by atoms with E-state index in [0.717, 1.165) is 9.87 Å². The van der Waals surface area contributed by atoms with Gasteiger partial charge in [0.15, 0.2) is 0 Å². The van der Waals surface area contributed by atoms with E-state index in [1.165, 1.54) is 36.4 Å². The molecule has 0 heterocycles. The zero-order chi connectivity index (χ0) is 20.9. The predicted molar refractivity (Wildman–Crippen MR) is 110 cm³/mol. The highest BCUT2D eigenvalue weighted by molar-refractivity contribution is 7.89. The van der Waals surface area contributed by atoms with Gasteiger partial charge in [0.05, 0.1) is 11.4 Å². The Balaban J connectivity index is 1.84. The number of anilines is 1. The number of rotatable bonds is 7. The Morgan fingerprint density at radius 1 is 0.931 bits per heavy atom. The fourth-order valence-electron chi connectivity index (χ4n) is 2.76. The van der Waals surface area contributed by atoms with E-state index in [2.05, 4.69) is 5.32 Å². The number of nitrogens with one attached hydrogen (secondary N) is 1. The first-order chi connectivity index (χ1) is 13.8. The fraction of sp³-hybridized carbons (Fsp3) is 0.136. The van der Waals surface area contributed by atoms with Gasteiger partial charge in [-0.15, -0.1) is 0 Å². The second-order valence-corrected chi connectivity index (χ2v) is 8.56. The van der Waals surface area contributed by atoms with Crippen LogP contribution in [0.5, 0.6) is 0 Å². The first-order valence-electron chi connectivity index (χ1n) is 9.01. The first kappa shape index (κ1) is 20.7. The molecular weight excluding hydrogens is 391 g/mol. The summed E-state index contributed by atoms with van der Waals surface area (Å²) in [7, 11) is -3.92. The molecule has 0 aromatic heterocycles. The Morgan fingerprint density at radius 2 is 1.55 bits per heavy atom. The summed E-state index contributed by atoms with van der Waals surface area (Å²) in [6, 6.07) is 20.6. The van der Waals surface area contributed by atoms with Gasteiger partial charge in [-0.2, -0.15) is 4.31 Å². The number of halogens is 1. The Bertz CT molecular complexity index is 1070.